The lowest BCUT2D eigenvalue weighted by molar-refractivity contribution is 0.193. The lowest BCUT2D eigenvalue weighted by atomic mass is 10.1. The predicted octanol–water partition coefficient (Wildman–Crippen LogP) is 1.85. The SMILES string of the molecule is COc1cccn2cc(C3CCOC3)nc12. The topological polar surface area (TPSA) is 35.8 Å². The summed E-state index contributed by atoms with van der Waals surface area (Å²) < 4.78 is 12.7. The Morgan fingerprint density at radius 2 is 2.50 bits per heavy atom. The highest BCUT2D eigenvalue weighted by molar-refractivity contribution is 5.54. The minimum atomic E-state index is 0.435. The van der Waals surface area contributed by atoms with Gasteiger partial charge < -0.3 is 13.9 Å². The summed E-state index contributed by atoms with van der Waals surface area (Å²) in [5, 5.41) is 0. The van der Waals surface area contributed by atoms with Crippen molar-refractivity contribution in [2.24, 2.45) is 0 Å². The fourth-order valence-electron chi connectivity index (χ4n) is 2.13. The van der Waals surface area contributed by atoms with E-state index in [0.717, 1.165) is 36.7 Å². The van der Waals surface area contributed by atoms with E-state index in [0.29, 0.717) is 5.92 Å². The van der Waals surface area contributed by atoms with E-state index in [2.05, 4.69) is 11.2 Å². The van der Waals surface area contributed by atoms with Crippen LogP contribution in [0, 0.1) is 0 Å². The van der Waals surface area contributed by atoms with Crippen LogP contribution in [0.5, 0.6) is 5.75 Å². The van der Waals surface area contributed by atoms with Gasteiger partial charge in [0.25, 0.3) is 0 Å². The summed E-state index contributed by atoms with van der Waals surface area (Å²) in [6.45, 7) is 1.63. The van der Waals surface area contributed by atoms with Crippen molar-refractivity contribution in [3.05, 3.63) is 30.2 Å². The third-order valence-electron chi connectivity index (χ3n) is 3.03. The zero-order valence-electron chi connectivity index (χ0n) is 9.22. The number of rotatable bonds is 2. The van der Waals surface area contributed by atoms with Gasteiger partial charge in [-0.25, -0.2) is 4.98 Å². The van der Waals surface area contributed by atoms with Gasteiger partial charge in [0.05, 0.1) is 19.4 Å². The van der Waals surface area contributed by atoms with Gasteiger partial charge in [-0.3, -0.25) is 0 Å². The molecule has 4 heteroatoms. The Morgan fingerprint density at radius 1 is 1.56 bits per heavy atom. The lowest BCUT2D eigenvalue weighted by Gasteiger charge is -2.00. The number of aromatic nitrogens is 2. The van der Waals surface area contributed by atoms with Gasteiger partial charge in [0.15, 0.2) is 11.4 Å². The molecular formula is C12H14N2O2. The molecule has 1 saturated heterocycles. The van der Waals surface area contributed by atoms with Crippen LogP contribution in [0.15, 0.2) is 24.5 Å². The fraction of sp³-hybridized carbons (Fsp3) is 0.417. The quantitative estimate of drug-likeness (QED) is 0.771. The third-order valence-corrected chi connectivity index (χ3v) is 3.03. The van der Waals surface area contributed by atoms with Crippen molar-refractivity contribution >= 4 is 5.65 Å². The molecule has 3 rings (SSSR count). The van der Waals surface area contributed by atoms with E-state index in [9.17, 15) is 0 Å². The molecule has 1 aliphatic rings. The van der Waals surface area contributed by atoms with Crippen LogP contribution in [0.1, 0.15) is 18.0 Å². The van der Waals surface area contributed by atoms with Crippen molar-refractivity contribution in [2.45, 2.75) is 12.3 Å². The van der Waals surface area contributed by atoms with Crippen molar-refractivity contribution in [1.29, 1.82) is 0 Å². The number of hydrogen-bond donors (Lipinski definition) is 0. The van der Waals surface area contributed by atoms with E-state index >= 15 is 0 Å². The summed E-state index contributed by atoms with van der Waals surface area (Å²) in [6, 6.07) is 3.89. The van der Waals surface area contributed by atoms with Gasteiger partial charge in [-0.2, -0.15) is 0 Å². The molecule has 1 fully saturated rings. The second kappa shape index (κ2) is 3.79. The zero-order chi connectivity index (χ0) is 11.0. The van der Waals surface area contributed by atoms with Crippen LogP contribution in [-0.4, -0.2) is 29.7 Å². The normalized spacial score (nSPS) is 20.4. The lowest BCUT2D eigenvalue weighted by Crippen LogP contribution is -1.97. The first kappa shape index (κ1) is 9.66. The summed E-state index contributed by atoms with van der Waals surface area (Å²) in [5.74, 6) is 1.25. The van der Waals surface area contributed by atoms with Crippen LogP contribution in [0.2, 0.25) is 0 Å². The molecule has 0 spiro atoms. The molecule has 84 valence electrons. The molecular weight excluding hydrogens is 204 g/mol. The first-order valence-corrected chi connectivity index (χ1v) is 5.48. The summed E-state index contributed by atoms with van der Waals surface area (Å²) in [6.07, 6.45) is 5.12. The number of nitrogens with zero attached hydrogens (tertiary/aromatic N) is 2. The molecule has 3 heterocycles. The molecule has 4 nitrogen and oxygen atoms in total. The highest BCUT2D eigenvalue weighted by Gasteiger charge is 2.21. The molecule has 1 aliphatic heterocycles. The summed E-state index contributed by atoms with van der Waals surface area (Å²) in [5.41, 5.74) is 1.98. The van der Waals surface area contributed by atoms with E-state index in [-0.39, 0.29) is 0 Å². The second-order valence-corrected chi connectivity index (χ2v) is 4.03. The highest BCUT2D eigenvalue weighted by atomic mass is 16.5. The molecule has 2 aromatic rings. The smallest absolute Gasteiger partial charge is 0.179 e. The molecule has 1 atom stereocenters. The molecule has 0 aromatic carbocycles. The number of pyridine rings is 1. The molecule has 0 N–H and O–H groups in total. The Hall–Kier alpha value is -1.55. The largest absolute Gasteiger partial charge is 0.493 e. The average Bonchev–Trinajstić information content (AvgIpc) is 2.96. The summed E-state index contributed by atoms with van der Waals surface area (Å²) in [7, 11) is 1.67. The summed E-state index contributed by atoms with van der Waals surface area (Å²) >= 11 is 0. The van der Waals surface area contributed by atoms with Crippen molar-refractivity contribution < 1.29 is 9.47 Å². The van der Waals surface area contributed by atoms with E-state index < -0.39 is 0 Å². The highest BCUT2D eigenvalue weighted by Crippen LogP contribution is 2.27. The third kappa shape index (κ3) is 1.46. The van der Waals surface area contributed by atoms with Crippen molar-refractivity contribution in [3.63, 3.8) is 0 Å². The maximum atomic E-state index is 5.38. The predicted molar refractivity (Wildman–Crippen MR) is 59.9 cm³/mol. The summed E-state index contributed by atoms with van der Waals surface area (Å²) in [4.78, 5) is 4.62. The number of methoxy groups -OCH3 is 1. The molecule has 1 unspecified atom stereocenters. The van der Waals surface area contributed by atoms with Gasteiger partial charge in [-0.05, 0) is 18.6 Å². The van der Waals surface area contributed by atoms with Gasteiger partial charge in [0.2, 0.25) is 0 Å². The van der Waals surface area contributed by atoms with E-state index in [1.165, 1.54) is 0 Å². The Bertz CT molecular complexity index is 501. The Morgan fingerprint density at radius 3 is 3.25 bits per heavy atom. The monoisotopic (exact) mass is 218 g/mol. The fourth-order valence-corrected chi connectivity index (χ4v) is 2.13. The zero-order valence-corrected chi connectivity index (χ0v) is 9.22. The van der Waals surface area contributed by atoms with E-state index in [1.54, 1.807) is 7.11 Å². The van der Waals surface area contributed by atoms with Crippen LogP contribution in [-0.2, 0) is 4.74 Å². The van der Waals surface area contributed by atoms with Crippen LogP contribution in [0.25, 0.3) is 5.65 Å². The van der Waals surface area contributed by atoms with Crippen molar-refractivity contribution in [1.82, 2.24) is 9.38 Å². The van der Waals surface area contributed by atoms with Crippen LogP contribution in [0.3, 0.4) is 0 Å². The standard InChI is InChI=1S/C12H14N2O2/c1-15-11-3-2-5-14-7-10(13-12(11)14)9-4-6-16-8-9/h2-3,5,7,9H,4,6,8H2,1H3. The molecule has 0 bridgehead atoms. The Kier molecular flexibility index (Phi) is 2.29. The van der Waals surface area contributed by atoms with Gasteiger partial charge >= 0.3 is 0 Å². The van der Waals surface area contributed by atoms with Gasteiger partial charge in [0, 0.05) is 24.9 Å². The van der Waals surface area contributed by atoms with Gasteiger partial charge in [-0.15, -0.1) is 0 Å². The number of fused-ring (bicyclic) bond motifs is 1. The number of imidazole rings is 1. The number of ether oxygens (including phenoxy) is 2. The molecule has 0 aliphatic carbocycles. The van der Waals surface area contributed by atoms with Crippen LogP contribution in [0.4, 0.5) is 0 Å². The minimum absolute atomic E-state index is 0.435. The van der Waals surface area contributed by atoms with Gasteiger partial charge in [0.1, 0.15) is 0 Å². The average molecular weight is 218 g/mol. The van der Waals surface area contributed by atoms with Gasteiger partial charge in [-0.1, -0.05) is 0 Å². The molecule has 0 saturated carbocycles. The Balaban J connectivity index is 2.07. The van der Waals surface area contributed by atoms with Crippen molar-refractivity contribution in [2.75, 3.05) is 20.3 Å². The second-order valence-electron chi connectivity index (χ2n) is 4.03. The first-order valence-electron chi connectivity index (χ1n) is 5.48. The van der Waals surface area contributed by atoms with Crippen molar-refractivity contribution in [3.8, 4) is 5.75 Å². The molecule has 0 amide bonds. The maximum absolute atomic E-state index is 5.38. The van der Waals surface area contributed by atoms with E-state index in [4.69, 9.17) is 9.47 Å². The first-order chi connectivity index (χ1) is 7.88. The van der Waals surface area contributed by atoms with Crippen LogP contribution < -0.4 is 4.74 Å². The Labute approximate surface area is 93.8 Å². The van der Waals surface area contributed by atoms with Crippen LogP contribution >= 0.6 is 0 Å². The molecule has 16 heavy (non-hydrogen) atoms. The minimum Gasteiger partial charge on any atom is -0.493 e. The molecule has 2 aromatic heterocycles. The maximum Gasteiger partial charge on any atom is 0.179 e. The molecule has 0 radical (unpaired) electrons. The van der Waals surface area contributed by atoms with E-state index in [1.807, 2.05) is 22.7 Å². The number of hydrogen-bond acceptors (Lipinski definition) is 3.